The minimum Gasteiger partial charge on any atom is -0.464 e. The maximum Gasteiger partial charge on any atom is 0.146 e. The second-order valence-corrected chi connectivity index (χ2v) is 5.65. The summed E-state index contributed by atoms with van der Waals surface area (Å²) in [7, 11) is 1.95. The van der Waals surface area contributed by atoms with Gasteiger partial charge < -0.3 is 9.32 Å². The molecule has 2 aromatic heterocycles. The predicted octanol–water partition coefficient (Wildman–Crippen LogP) is 3.37. The number of aryl methyl sites for hydroxylation is 3. The van der Waals surface area contributed by atoms with Gasteiger partial charge in [0.2, 0.25) is 0 Å². The third-order valence-corrected chi connectivity index (χ3v) is 3.95. The Balaban J connectivity index is 1.91. The van der Waals surface area contributed by atoms with Gasteiger partial charge in [0.05, 0.1) is 12.1 Å². The zero-order valence-corrected chi connectivity index (χ0v) is 12.5. The van der Waals surface area contributed by atoms with Crippen molar-refractivity contribution in [2.45, 2.75) is 39.2 Å². The van der Waals surface area contributed by atoms with Gasteiger partial charge in [0, 0.05) is 12.7 Å². The molecule has 1 aliphatic rings. The predicted molar refractivity (Wildman–Crippen MR) is 81.1 cm³/mol. The summed E-state index contributed by atoms with van der Waals surface area (Å²) in [6.07, 6.45) is 4.44. The van der Waals surface area contributed by atoms with Crippen LogP contribution in [0.2, 0.25) is 0 Å². The minimum absolute atomic E-state index is 0.619. The Morgan fingerprint density at radius 3 is 2.86 bits per heavy atom. The van der Waals surface area contributed by atoms with Crippen molar-refractivity contribution in [2.24, 2.45) is 0 Å². The lowest BCUT2D eigenvalue weighted by Crippen LogP contribution is -2.20. The van der Waals surface area contributed by atoms with Crippen molar-refractivity contribution in [1.82, 2.24) is 4.98 Å². The summed E-state index contributed by atoms with van der Waals surface area (Å²) in [6.45, 7) is 2.55. The molecular formula is C17H19N3O. The standard InChI is InChI=1S/C17H19N3O/c1-12-7-8-15(21-12)11-20(2)17-14(10-18)9-13-5-3-4-6-16(13)19-17/h7-9H,3-6,11H2,1-2H3. The van der Waals surface area contributed by atoms with Crippen molar-refractivity contribution in [3.8, 4) is 6.07 Å². The molecule has 0 atom stereocenters. The Labute approximate surface area is 125 Å². The molecule has 0 saturated heterocycles. The van der Waals surface area contributed by atoms with Crippen LogP contribution in [0.3, 0.4) is 0 Å². The molecule has 0 saturated carbocycles. The largest absolute Gasteiger partial charge is 0.464 e. The van der Waals surface area contributed by atoms with Crippen molar-refractivity contribution in [2.75, 3.05) is 11.9 Å². The van der Waals surface area contributed by atoms with Crippen molar-refractivity contribution in [1.29, 1.82) is 5.26 Å². The minimum atomic E-state index is 0.619. The maximum atomic E-state index is 9.40. The molecule has 0 aromatic carbocycles. The first kappa shape index (κ1) is 13.7. The van der Waals surface area contributed by atoms with E-state index in [4.69, 9.17) is 9.40 Å². The van der Waals surface area contributed by atoms with Gasteiger partial charge >= 0.3 is 0 Å². The van der Waals surface area contributed by atoms with Crippen LogP contribution >= 0.6 is 0 Å². The van der Waals surface area contributed by atoms with Gasteiger partial charge in [-0.3, -0.25) is 0 Å². The molecular weight excluding hydrogens is 262 g/mol. The summed E-state index contributed by atoms with van der Waals surface area (Å²) in [5.74, 6) is 2.54. The van der Waals surface area contributed by atoms with Crippen LogP contribution in [0, 0.1) is 18.3 Å². The first-order valence-corrected chi connectivity index (χ1v) is 7.36. The van der Waals surface area contributed by atoms with Crippen LogP contribution in [0.15, 0.2) is 22.6 Å². The van der Waals surface area contributed by atoms with Crippen LogP contribution in [0.4, 0.5) is 5.82 Å². The molecule has 0 amide bonds. The van der Waals surface area contributed by atoms with E-state index < -0.39 is 0 Å². The molecule has 0 N–H and O–H groups in total. The van der Waals surface area contributed by atoms with E-state index in [9.17, 15) is 5.26 Å². The summed E-state index contributed by atoms with van der Waals surface area (Å²) in [5, 5.41) is 9.40. The van der Waals surface area contributed by atoms with Crippen LogP contribution in [-0.4, -0.2) is 12.0 Å². The molecule has 21 heavy (non-hydrogen) atoms. The van der Waals surface area contributed by atoms with Gasteiger partial charge in [-0.15, -0.1) is 0 Å². The van der Waals surface area contributed by atoms with Crippen LogP contribution < -0.4 is 4.90 Å². The Morgan fingerprint density at radius 1 is 1.33 bits per heavy atom. The molecule has 0 radical (unpaired) electrons. The molecule has 108 valence electrons. The SMILES string of the molecule is Cc1ccc(CN(C)c2nc3c(cc2C#N)CCCC3)o1. The fourth-order valence-electron chi connectivity index (χ4n) is 2.87. The monoisotopic (exact) mass is 281 g/mol. The summed E-state index contributed by atoms with van der Waals surface area (Å²) in [4.78, 5) is 6.74. The molecule has 0 fully saturated rings. The fraction of sp³-hybridized carbons (Fsp3) is 0.412. The van der Waals surface area contributed by atoms with E-state index in [1.165, 1.54) is 18.4 Å². The van der Waals surface area contributed by atoms with Gasteiger partial charge in [0.15, 0.2) is 0 Å². The molecule has 4 nitrogen and oxygen atoms in total. The molecule has 0 unspecified atom stereocenters. The Kier molecular flexibility index (Phi) is 3.66. The normalized spacial score (nSPS) is 13.6. The lowest BCUT2D eigenvalue weighted by Gasteiger charge is -2.22. The van der Waals surface area contributed by atoms with Gasteiger partial charge in [-0.25, -0.2) is 4.98 Å². The average molecular weight is 281 g/mol. The topological polar surface area (TPSA) is 53.1 Å². The Morgan fingerprint density at radius 2 is 2.14 bits per heavy atom. The summed E-state index contributed by atoms with van der Waals surface area (Å²) in [5.41, 5.74) is 3.04. The number of furan rings is 1. The lowest BCUT2D eigenvalue weighted by molar-refractivity contribution is 0.481. The number of rotatable bonds is 3. The van der Waals surface area contributed by atoms with Crippen LogP contribution in [-0.2, 0) is 19.4 Å². The van der Waals surface area contributed by atoms with Gasteiger partial charge in [-0.05, 0) is 56.4 Å². The molecule has 0 bridgehead atoms. The van der Waals surface area contributed by atoms with E-state index in [1.54, 1.807) is 0 Å². The first-order chi connectivity index (χ1) is 10.2. The average Bonchev–Trinajstić information content (AvgIpc) is 2.90. The number of fused-ring (bicyclic) bond motifs is 1. The van der Waals surface area contributed by atoms with Crippen molar-refractivity contribution >= 4 is 5.82 Å². The van der Waals surface area contributed by atoms with Crippen molar-refractivity contribution < 1.29 is 4.42 Å². The summed E-state index contributed by atoms with van der Waals surface area (Å²) < 4.78 is 5.61. The van der Waals surface area contributed by atoms with Gasteiger partial charge in [0.1, 0.15) is 23.4 Å². The zero-order valence-electron chi connectivity index (χ0n) is 12.5. The molecule has 4 heteroatoms. The van der Waals surface area contributed by atoms with E-state index in [0.29, 0.717) is 12.1 Å². The molecule has 0 aliphatic heterocycles. The second-order valence-electron chi connectivity index (χ2n) is 5.65. The van der Waals surface area contributed by atoms with Crippen molar-refractivity contribution in [3.63, 3.8) is 0 Å². The molecule has 1 aliphatic carbocycles. The van der Waals surface area contributed by atoms with Crippen LogP contribution in [0.1, 0.15) is 41.2 Å². The summed E-state index contributed by atoms with van der Waals surface area (Å²) in [6, 6.07) is 8.22. The zero-order chi connectivity index (χ0) is 14.8. The van der Waals surface area contributed by atoms with Gasteiger partial charge in [0.25, 0.3) is 0 Å². The first-order valence-electron chi connectivity index (χ1n) is 7.36. The second kappa shape index (κ2) is 5.61. The number of aromatic nitrogens is 1. The highest BCUT2D eigenvalue weighted by molar-refractivity contribution is 5.56. The number of hydrogen-bond donors (Lipinski definition) is 0. The van der Waals surface area contributed by atoms with Gasteiger partial charge in [-0.1, -0.05) is 0 Å². The third-order valence-electron chi connectivity index (χ3n) is 3.95. The molecule has 2 heterocycles. The van der Waals surface area contributed by atoms with Crippen LogP contribution in [0.5, 0.6) is 0 Å². The number of hydrogen-bond acceptors (Lipinski definition) is 4. The van der Waals surface area contributed by atoms with E-state index in [-0.39, 0.29) is 0 Å². The molecule has 0 spiro atoms. The number of anilines is 1. The highest BCUT2D eigenvalue weighted by Crippen LogP contribution is 2.26. The van der Waals surface area contributed by atoms with E-state index in [1.807, 2.05) is 37.1 Å². The third kappa shape index (κ3) is 2.78. The number of pyridine rings is 1. The smallest absolute Gasteiger partial charge is 0.146 e. The highest BCUT2D eigenvalue weighted by atomic mass is 16.3. The number of nitrogens with zero attached hydrogens (tertiary/aromatic N) is 3. The van der Waals surface area contributed by atoms with E-state index in [2.05, 4.69) is 6.07 Å². The van der Waals surface area contributed by atoms with E-state index >= 15 is 0 Å². The summed E-state index contributed by atoms with van der Waals surface area (Å²) >= 11 is 0. The fourth-order valence-corrected chi connectivity index (χ4v) is 2.87. The molecule has 3 rings (SSSR count). The highest BCUT2D eigenvalue weighted by Gasteiger charge is 2.18. The lowest BCUT2D eigenvalue weighted by atomic mass is 9.95. The van der Waals surface area contributed by atoms with Gasteiger partial charge in [-0.2, -0.15) is 5.26 Å². The Hall–Kier alpha value is -2.28. The van der Waals surface area contributed by atoms with E-state index in [0.717, 1.165) is 35.9 Å². The number of nitriles is 1. The van der Waals surface area contributed by atoms with Crippen LogP contribution in [0.25, 0.3) is 0 Å². The molecule has 2 aromatic rings. The van der Waals surface area contributed by atoms with Crippen molar-refractivity contribution in [3.05, 3.63) is 46.5 Å². The quantitative estimate of drug-likeness (QED) is 0.865. The Bertz CT molecular complexity index is 697. The maximum absolute atomic E-state index is 9.40.